The first-order valence-corrected chi connectivity index (χ1v) is 12.7. The molecule has 1 heterocycles. The number of hydrogen-bond acceptors (Lipinski definition) is 5. The molecule has 0 saturated heterocycles. The van der Waals surface area contributed by atoms with Crippen molar-refractivity contribution in [2.75, 3.05) is 11.5 Å². The van der Waals surface area contributed by atoms with E-state index < -0.39 is 0 Å². The van der Waals surface area contributed by atoms with Crippen LogP contribution in [0.1, 0.15) is 102 Å². The van der Waals surface area contributed by atoms with Crippen LogP contribution in [-0.2, 0) is 6.42 Å². The van der Waals surface area contributed by atoms with E-state index >= 15 is 0 Å². The van der Waals surface area contributed by atoms with Gasteiger partial charge in [-0.05, 0) is 25.0 Å². The lowest BCUT2D eigenvalue weighted by Gasteiger charge is -2.09. The summed E-state index contributed by atoms with van der Waals surface area (Å²) in [6, 6.07) is 9.66. The summed E-state index contributed by atoms with van der Waals surface area (Å²) in [6.45, 7) is 2.28. The number of hydrogen-bond donors (Lipinski definition) is 2. The Balaban J connectivity index is 1.62. The van der Waals surface area contributed by atoms with Gasteiger partial charge in [-0.25, -0.2) is 4.98 Å². The normalized spacial score (nSPS) is 11.4. The molecular formula is C27H43N5. The van der Waals surface area contributed by atoms with E-state index in [0.29, 0.717) is 17.2 Å². The smallest absolute Gasteiger partial charge is 0.148 e. The number of pyridine rings is 1. The first kappa shape index (κ1) is 25.8. The molecule has 176 valence electrons. The molecule has 4 N–H and O–H groups in total. The molecule has 2 aromatic rings. The monoisotopic (exact) mass is 437 g/mol. The Morgan fingerprint density at radius 3 is 1.78 bits per heavy atom. The fraction of sp³-hybridized carbons (Fsp3) is 0.593. The summed E-state index contributed by atoms with van der Waals surface area (Å²) in [7, 11) is 0. The third-order valence-corrected chi connectivity index (χ3v) is 6.02. The van der Waals surface area contributed by atoms with Crippen molar-refractivity contribution in [3.63, 3.8) is 0 Å². The number of nitrogens with zero attached hydrogens (tertiary/aromatic N) is 3. The van der Waals surface area contributed by atoms with E-state index in [-0.39, 0.29) is 0 Å². The van der Waals surface area contributed by atoms with Gasteiger partial charge in [0.1, 0.15) is 17.2 Å². The van der Waals surface area contributed by atoms with Gasteiger partial charge in [-0.15, -0.1) is 5.11 Å². The summed E-state index contributed by atoms with van der Waals surface area (Å²) in [4.78, 5) is 4.23. The van der Waals surface area contributed by atoms with Crippen LogP contribution in [0.4, 0.5) is 22.9 Å². The van der Waals surface area contributed by atoms with Crippen molar-refractivity contribution in [3.05, 3.63) is 42.1 Å². The van der Waals surface area contributed by atoms with Crippen LogP contribution in [-0.4, -0.2) is 4.98 Å². The van der Waals surface area contributed by atoms with E-state index in [9.17, 15) is 0 Å². The molecule has 5 nitrogen and oxygen atoms in total. The molecule has 0 saturated carbocycles. The molecule has 0 bridgehead atoms. The largest absolute Gasteiger partial charge is 0.394 e. The quantitative estimate of drug-likeness (QED) is 0.191. The second-order valence-electron chi connectivity index (χ2n) is 8.81. The molecule has 0 atom stereocenters. The minimum atomic E-state index is 0.316. The highest BCUT2D eigenvalue weighted by Gasteiger charge is 2.10. The zero-order valence-corrected chi connectivity index (χ0v) is 20.1. The van der Waals surface area contributed by atoms with Gasteiger partial charge in [-0.1, -0.05) is 109 Å². The van der Waals surface area contributed by atoms with Crippen molar-refractivity contribution in [1.82, 2.24) is 4.98 Å². The highest BCUT2D eigenvalue weighted by atomic mass is 15.1. The van der Waals surface area contributed by atoms with Gasteiger partial charge in [0, 0.05) is 11.8 Å². The zero-order chi connectivity index (χ0) is 22.9. The standard InChI is InChI=1S/C27H43N5/c1-2-3-4-5-6-7-8-9-10-11-12-13-14-16-19-23-22-30-27(29)25(28)26(23)32-31-24-20-17-15-18-21-24/h15,17-18,20-22H,2-14,16,19,28H2,1H3,(H2,29,30). The topological polar surface area (TPSA) is 89.6 Å². The molecule has 1 aromatic heterocycles. The Morgan fingerprint density at radius 2 is 1.22 bits per heavy atom. The average molecular weight is 438 g/mol. The van der Waals surface area contributed by atoms with Crippen LogP contribution < -0.4 is 11.5 Å². The molecule has 0 aliphatic heterocycles. The third kappa shape index (κ3) is 10.3. The number of rotatable bonds is 17. The molecule has 32 heavy (non-hydrogen) atoms. The molecule has 0 aliphatic rings. The van der Waals surface area contributed by atoms with Crippen molar-refractivity contribution in [3.8, 4) is 0 Å². The predicted octanol–water partition coefficient (Wildman–Crippen LogP) is 8.69. The number of aryl methyl sites for hydroxylation is 1. The number of aromatic nitrogens is 1. The molecule has 0 fully saturated rings. The summed E-state index contributed by atoms with van der Waals surface area (Å²) >= 11 is 0. The van der Waals surface area contributed by atoms with Crippen molar-refractivity contribution in [2.24, 2.45) is 10.2 Å². The maximum Gasteiger partial charge on any atom is 0.148 e. The molecule has 2 rings (SSSR count). The fourth-order valence-corrected chi connectivity index (χ4v) is 3.99. The predicted molar refractivity (Wildman–Crippen MR) is 138 cm³/mol. The van der Waals surface area contributed by atoms with Crippen LogP contribution in [0.5, 0.6) is 0 Å². The molecule has 0 amide bonds. The lowest BCUT2D eigenvalue weighted by molar-refractivity contribution is 0.535. The van der Waals surface area contributed by atoms with Gasteiger partial charge in [0.05, 0.1) is 5.69 Å². The number of unbranched alkanes of at least 4 members (excludes halogenated alkanes) is 13. The van der Waals surface area contributed by atoms with Crippen LogP contribution in [0.3, 0.4) is 0 Å². The van der Waals surface area contributed by atoms with Crippen LogP contribution in [0.2, 0.25) is 0 Å². The van der Waals surface area contributed by atoms with Gasteiger partial charge >= 0.3 is 0 Å². The summed E-state index contributed by atoms with van der Waals surface area (Å²) < 4.78 is 0. The molecule has 1 aromatic carbocycles. The highest BCUT2D eigenvalue weighted by molar-refractivity contribution is 5.76. The number of nitrogen functional groups attached to an aromatic ring is 2. The summed E-state index contributed by atoms with van der Waals surface area (Å²) in [5.74, 6) is 0.316. The van der Waals surface area contributed by atoms with Crippen LogP contribution in [0.15, 0.2) is 46.8 Å². The van der Waals surface area contributed by atoms with E-state index in [1.165, 1.54) is 83.5 Å². The second-order valence-corrected chi connectivity index (χ2v) is 8.81. The molecule has 0 spiro atoms. The van der Waals surface area contributed by atoms with Gasteiger partial charge in [-0.3, -0.25) is 0 Å². The van der Waals surface area contributed by atoms with Gasteiger partial charge in [0.2, 0.25) is 0 Å². The van der Waals surface area contributed by atoms with E-state index in [2.05, 4.69) is 22.1 Å². The van der Waals surface area contributed by atoms with Crippen molar-refractivity contribution in [2.45, 2.75) is 103 Å². The van der Waals surface area contributed by atoms with Crippen LogP contribution >= 0.6 is 0 Å². The first-order valence-electron chi connectivity index (χ1n) is 12.7. The lowest BCUT2D eigenvalue weighted by Crippen LogP contribution is -2.01. The number of azo groups is 1. The minimum Gasteiger partial charge on any atom is -0.394 e. The van der Waals surface area contributed by atoms with Crippen molar-refractivity contribution < 1.29 is 0 Å². The third-order valence-electron chi connectivity index (χ3n) is 6.02. The Hall–Kier alpha value is -2.43. The first-order chi connectivity index (χ1) is 15.7. The molecule has 0 aliphatic carbocycles. The maximum atomic E-state index is 6.16. The summed E-state index contributed by atoms with van der Waals surface area (Å²) in [5, 5.41) is 8.72. The van der Waals surface area contributed by atoms with E-state index in [1.807, 2.05) is 30.3 Å². The van der Waals surface area contributed by atoms with Crippen LogP contribution in [0.25, 0.3) is 0 Å². The minimum absolute atomic E-state index is 0.316. The number of anilines is 2. The summed E-state index contributed by atoms with van der Waals surface area (Å²) in [5.41, 5.74) is 15.0. The number of benzene rings is 1. The molecule has 0 radical (unpaired) electrons. The van der Waals surface area contributed by atoms with E-state index in [1.54, 1.807) is 6.20 Å². The zero-order valence-electron chi connectivity index (χ0n) is 20.1. The summed E-state index contributed by atoms with van der Waals surface area (Å²) in [6.07, 6.45) is 21.7. The number of nitrogens with two attached hydrogens (primary N) is 2. The highest BCUT2D eigenvalue weighted by Crippen LogP contribution is 2.33. The van der Waals surface area contributed by atoms with E-state index in [0.717, 1.165) is 24.1 Å². The van der Waals surface area contributed by atoms with Crippen LogP contribution in [0, 0.1) is 0 Å². The Kier molecular flexibility index (Phi) is 13.1. The van der Waals surface area contributed by atoms with Gasteiger partial charge in [0.15, 0.2) is 0 Å². The molecular weight excluding hydrogens is 394 g/mol. The molecule has 5 heteroatoms. The van der Waals surface area contributed by atoms with Gasteiger partial charge < -0.3 is 11.5 Å². The van der Waals surface area contributed by atoms with E-state index in [4.69, 9.17) is 11.5 Å². The van der Waals surface area contributed by atoms with Crippen molar-refractivity contribution in [1.29, 1.82) is 0 Å². The lowest BCUT2D eigenvalue weighted by atomic mass is 10.0. The van der Waals surface area contributed by atoms with Gasteiger partial charge in [-0.2, -0.15) is 5.11 Å². The average Bonchev–Trinajstić information content (AvgIpc) is 2.81. The van der Waals surface area contributed by atoms with Gasteiger partial charge in [0.25, 0.3) is 0 Å². The Labute approximate surface area is 195 Å². The fourth-order valence-electron chi connectivity index (χ4n) is 3.99. The van der Waals surface area contributed by atoms with Crippen molar-refractivity contribution >= 4 is 22.9 Å². The maximum absolute atomic E-state index is 6.16. The second kappa shape index (κ2) is 16.2. The Bertz CT molecular complexity index is 773. The molecule has 0 unspecified atom stereocenters. The SMILES string of the molecule is CCCCCCCCCCCCCCCCc1cnc(N)c(N)c1N=Nc1ccccc1. The Morgan fingerprint density at radius 1 is 0.688 bits per heavy atom.